The minimum Gasteiger partial charge on any atom is -0.726 e. The van der Waals surface area contributed by atoms with Crippen LogP contribution >= 0.6 is 0 Å². The normalized spacial score (nSPS) is 11.4. The summed E-state index contributed by atoms with van der Waals surface area (Å²) in [6.07, 6.45) is 0. The van der Waals surface area contributed by atoms with E-state index in [0.29, 0.717) is 22.1 Å². The third-order valence-electron chi connectivity index (χ3n) is 5.88. The number of aromatic hydroxyl groups is 2. The fraction of sp³-hybridized carbons (Fsp3) is 0.111. The number of nitrogens with zero attached hydrogens (tertiary/aromatic N) is 4. The van der Waals surface area contributed by atoms with E-state index in [1.807, 2.05) is 0 Å². The first-order chi connectivity index (χ1) is 23.0. The first kappa shape index (κ1) is 57.2. The minimum atomic E-state index is -4.92. The minimum absolute atomic E-state index is 0. The van der Waals surface area contributed by atoms with E-state index in [-0.39, 0.29) is 150 Å². The van der Waals surface area contributed by atoms with Gasteiger partial charge in [-0.25, -0.2) is 33.7 Å². The van der Waals surface area contributed by atoms with Crippen molar-refractivity contribution in [3.05, 3.63) is 80.6 Å². The molecule has 0 aliphatic heterocycles. The van der Waals surface area contributed by atoms with Crippen molar-refractivity contribution in [3.63, 3.8) is 0 Å². The maximum absolute atomic E-state index is 12.4. The van der Waals surface area contributed by atoms with Crippen LogP contribution < -0.4 is 94.0 Å². The molecule has 0 amide bonds. The van der Waals surface area contributed by atoms with Gasteiger partial charge in [0.1, 0.15) is 17.1 Å². The van der Waals surface area contributed by atoms with E-state index < -0.39 is 46.2 Å². The summed E-state index contributed by atoms with van der Waals surface area (Å²) in [5, 5.41) is 41.3. The van der Waals surface area contributed by atoms with Gasteiger partial charge in [0.2, 0.25) is 20.8 Å². The smallest absolute Gasteiger partial charge is 0.726 e. The monoisotopic (exact) mass is 904 g/mol. The second-order valence-electron chi connectivity index (χ2n) is 9.17. The number of benzene rings is 4. The molecule has 0 saturated heterocycles. The van der Waals surface area contributed by atoms with Gasteiger partial charge in [0.05, 0.1) is 15.5 Å². The molecule has 4 aromatic rings. The van der Waals surface area contributed by atoms with Crippen LogP contribution in [0.1, 0.15) is 0 Å². The van der Waals surface area contributed by atoms with Crippen LogP contribution in [0.25, 0.3) is 10.8 Å². The van der Waals surface area contributed by atoms with Gasteiger partial charge in [0, 0.05) is 47.3 Å². The molecule has 0 aliphatic rings. The molecule has 4 rings (SSSR count). The second-order valence-corrected chi connectivity index (χ2v) is 15.1. The maximum Gasteiger partial charge on any atom is 1.00 e. The average molecular weight is 905 g/mol. The Bertz CT molecular complexity index is 2340. The molecule has 27 heteroatoms. The molecule has 0 aliphatic carbocycles. The summed E-state index contributed by atoms with van der Waals surface area (Å²) in [6, 6.07) is 17.4. The number of phenolic OH excluding ortho intramolecular Hbond substituents is 2. The van der Waals surface area contributed by atoms with E-state index in [0.717, 1.165) is 6.07 Å². The van der Waals surface area contributed by atoms with Crippen LogP contribution in [0.5, 0.6) is 11.5 Å². The predicted molar refractivity (Wildman–Crippen MR) is 176 cm³/mol. The summed E-state index contributed by atoms with van der Waals surface area (Å²) < 4.78 is 114. The topological polar surface area (TPSA) is 325 Å². The number of hydrogen-bond acceptors (Lipinski definition) is 17. The van der Waals surface area contributed by atoms with Gasteiger partial charge in [-0.15, -0.1) is 5.11 Å². The molecule has 0 fully saturated rings. The Labute approximate surface area is 388 Å². The summed E-state index contributed by atoms with van der Waals surface area (Å²) in [5.74, 6) is -1.41. The third kappa shape index (κ3) is 18.4. The fourth-order valence-corrected chi connectivity index (χ4v) is 5.44. The molecule has 19 nitrogen and oxygen atoms in total. The summed E-state index contributed by atoms with van der Waals surface area (Å²) in [5.41, 5.74) is 0.938. The third-order valence-corrected chi connectivity index (χ3v) is 8.94. The van der Waals surface area contributed by atoms with Gasteiger partial charge in [0.15, 0.2) is 19.7 Å². The van der Waals surface area contributed by atoms with Crippen LogP contribution in [0.3, 0.4) is 0 Å². The maximum atomic E-state index is 12.4. The number of sulfone groups is 2. The SMILES string of the molecule is O=S(=O)([O-])O.O=S(=O)([O-])O.[CH2-]CS(=O)(=O)c1ccc(N=Nc2[c-]cc3c(N=Nc4ccccc4S(=O)(=O)C[CH2-])c(NC)ccc3c2O)c(O)c1.[Cu].[Na+].[Na+].[Na+]. The van der Waals surface area contributed by atoms with Crippen molar-refractivity contribution in [1.82, 2.24) is 0 Å². The van der Waals surface area contributed by atoms with Crippen molar-refractivity contribution in [1.29, 1.82) is 0 Å². The molecule has 283 valence electrons. The Morgan fingerprint density at radius 2 is 1.24 bits per heavy atom. The van der Waals surface area contributed by atoms with E-state index >= 15 is 0 Å². The Balaban J connectivity index is -0.00000165. The Hall–Kier alpha value is -1.10. The van der Waals surface area contributed by atoms with Gasteiger partial charge in [-0.2, -0.15) is 27.5 Å². The zero-order valence-electron chi connectivity index (χ0n) is 28.7. The standard InChI is InChI=1S/C27H24N5O6S2.Cu.3Na.2H2O4S/c1-4-39(35,36)17-10-13-20(24(33)16-17)29-31-23-15-11-18-19(27(23)34)12-14-22(28-3)26(18)32-30-21-8-6-7-9-25(21)40(37,38)5-2;;;;;2*1-5(2,3)4/h6-14,16,28,33-34H,1-2,4-5H2,3H3;;;;;2*(H2,1,2,3,4)/q-3;;3*+1;;/p-2. The van der Waals surface area contributed by atoms with Crippen LogP contribution in [0.2, 0.25) is 0 Å². The number of azo groups is 2. The van der Waals surface area contributed by atoms with Crippen molar-refractivity contribution >= 4 is 79.7 Å². The van der Waals surface area contributed by atoms with Crippen LogP contribution in [-0.4, -0.2) is 80.6 Å². The van der Waals surface area contributed by atoms with Gasteiger partial charge in [0.25, 0.3) is 0 Å². The Kier molecular flexibility index (Phi) is 26.1. The van der Waals surface area contributed by atoms with E-state index in [4.69, 9.17) is 35.0 Å². The number of anilines is 1. The average Bonchev–Trinajstić information content (AvgIpc) is 3.02. The van der Waals surface area contributed by atoms with Gasteiger partial charge < -0.3 is 38.5 Å². The number of fused-ring (bicyclic) bond motifs is 1. The van der Waals surface area contributed by atoms with Crippen LogP contribution in [-0.2, 0) is 57.5 Å². The second kappa shape index (κ2) is 24.6. The summed E-state index contributed by atoms with van der Waals surface area (Å²) in [6.45, 7) is 6.85. The van der Waals surface area contributed by atoms with E-state index in [9.17, 15) is 27.0 Å². The van der Waals surface area contributed by atoms with Crippen molar-refractivity contribution in [2.45, 2.75) is 9.79 Å². The molecule has 1 radical (unpaired) electrons. The molecule has 0 atom stereocenters. The quantitative estimate of drug-likeness (QED) is 0.0346. The summed E-state index contributed by atoms with van der Waals surface area (Å²) >= 11 is 0. The van der Waals surface area contributed by atoms with E-state index in [1.165, 1.54) is 30.3 Å². The molecular weight excluding hydrogens is 879 g/mol. The van der Waals surface area contributed by atoms with Gasteiger partial charge >= 0.3 is 88.7 Å². The number of nitrogens with one attached hydrogen (secondary N) is 1. The molecule has 0 saturated carbocycles. The van der Waals surface area contributed by atoms with Crippen LogP contribution in [0, 0.1) is 19.9 Å². The molecule has 0 heterocycles. The van der Waals surface area contributed by atoms with Crippen molar-refractivity contribution in [2.24, 2.45) is 20.5 Å². The van der Waals surface area contributed by atoms with Crippen molar-refractivity contribution in [3.8, 4) is 11.5 Å². The van der Waals surface area contributed by atoms with E-state index in [1.54, 1.807) is 31.3 Å². The predicted octanol–water partition coefficient (Wildman–Crippen LogP) is -4.84. The zero-order valence-corrected chi connectivity index (χ0v) is 38.9. The molecule has 4 aromatic carbocycles. The van der Waals surface area contributed by atoms with Crippen LogP contribution in [0.15, 0.2) is 90.9 Å². The van der Waals surface area contributed by atoms with Crippen LogP contribution in [0.4, 0.5) is 28.4 Å². The molecule has 0 spiro atoms. The van der Waals surface area contributed by atoms with Crippen molar-refractivity contribution in [2.75, 3.05) is 23.9 Å². The first-order valence-corrected chi connectivity index (χ1v) is 19.1. The van der Waals surface area contributed by atoms with E-state index in [2.05, 4.69) is 45.7 Å². The Morgan fingerprint density at radius 1 is 0.722 bits per heavy atom. The molecule has 54 heavy (non-hydrogen) atoms. The zero-order chi connectivity index (χ0) is 38.1. The van der Waals surface area contributed by atoms with Crippen molar-refractivity contribution < 1.29 is 168 Å². The molecular formula is C27H26CuN5Na3O14S4-2. The molecule has 5 N–H and O–H groups in total. The first-order valence-electron chi connectivity index (χ1n) is 13.1. The van der Waals surface area contributed by atoms with Gasteiger partial charge in [-0.1, -0.05) is 40.5 Å². The van der Waals surface area contributed by atoms with Gasteiger partial charge in [-0.3, -0.25) is 9.11 Å². The number of hydrogen-bond donors (Lipinski definition) is 5. The fourth-order valence-electron chi connectivity index (χ4n) is 3.70. The summed E-state index contributed by atoms with van der Waals surface area (Å²) in [7, 11) is -15.4. The molecule has 0 bridgehead atoms. The largest absolute Gasteiger partial charge is 1.00 e. The summed E-state index contributed by atoms with van der Waals surface area (Å²) in [4.78, 5) is -0.106. The number of rotatable bonds is 9. The Morgan fingerprint density at radius 3 is 1.74 bits per heavy atom. The molecule has 0 unspecified atom stereocenters. The number of phenols is 2. The molecule has 0 aromatic heterocycles. The van der Waals surface area contributed by atoms with Gasteiger partial charge in [-0.05, 0) is 30.3 Å².